The number of aromatic nitrogens is 7. The molecule has 42 heavy (non-hydrogen) atoms. The summed E-state index contributed by atoms with van der Waals surface area (Å²) in [6, 6.07) is 5.28. The van der Waals surface area contributed by atoms with Gasteiger partial charge in [0, 0.05) is 42.2 Å². The minimum Gasteiger partial charge on any atom is -0.368 e. The Hall–Kier alpha value is -4.19. The summed E-state index contributed by atoms with van der Waals surface area (Å²) in [5.74, 6) is 2.47. The number of ether oxygens (including phenoxy) is 1. The van der Waals surface area contributed by atoms with Gasteiger partial charge in [0.15, 0.2) is 17.5 Å². The molecule has 1 saturated carbocycles. The van der Waals surface area contributed by atoms with Crippen LogP contribution in [-0.2, 0) is 22.4 Å². The monoisotopic (exact) mass is 573 g/mol. The normalized spacial score (nSPS) is 21.0. The maximum Gasteiger partial charge on any atom is 0.252 e. The fourth-order valence-electron chi connectivity index (χ4n) is 6.00. The highest BCUT2D eigenvalue weighted by Gasteiger charge is 2.43. The molecule has 6 rings (SSSR count). The summed E-state index contributed by atoms with van der Waals surface area (Å²) in [6.07, 6.45) is 10.8. The van der Waals surface area contributed by atoms with Crippen LogP contribution in [0.1, 0.15) is 85.7 Å². The number of aromatic amines is 1. The molecule has 1 fully saturated rings. The summed E-state index contributed by atoms with van der Waals surface area (Å²) in [4.78, 5) is 28.0. The predicted octanol–water partition coefficient (Wildman–Crippen LogP) is 4.77. The molecule has 0 radical (unpaired) electrons. The minimum absolute atomic E-state index is 0.135. The van der Waals surface area contributed by atoms with Gasteiger partial charge in [-0.1, -0.05) is 6.07 Å². The SMILES string of the molecule is CO[C@]1(C(=O)N[C@@H](C)c2ccc(-n3cc(F)cn3)nc2)CC[C@H](c2nc3c(c(Nc4cc(C)[nH]n4)n2)CCCC3)CC1. The molecule has 4 aromatic rings. The Morgan fingerprint density at radius 3 is 2.67 bits per heavy atom. The largest absolute Gasteiger partial charge is 0.368 e. The van der Waals surface area contributed by atoms with Gasteiger partial charge >= 0.3 is 0 Å². The smallest absolute Gasteiger partial charge is 0.252 e. The van der Waals surface area contributed by atoms with Gasteiger partial charge in [0.25, 0.3) is 5.91 Å². The van der Waals surface area contributed by atoms with Gasteiger partial charge in [-0.2, -0.15) is 10.2 Å². The Morgan fingerprint density at radius 2 is 2.00 bits per heavy atom. The molecule has 0 aromatic carbocycles. The number of aryl methyl sites for hydroxylation is 2. The number of methoxy groups -OCH3 is 1. The summed E-state index contributed by atoms with van der Waals surface area (Å²) in [5, 5.41) is 17.8. The van der Waals surface area contributed by atoms with Crippen molar-refractivity contribution >= 4 is 17.5 Å². The molecule has 2 aliphatic carbocycles. The molecule has 0 unspecified atom stereocenters. The molecule has 0 spiro atoms. The number of nitrogens with zero attached hydrogens (tertiary/aromatic N) is 6. The number of amides is 1. The van der Waals surface area contributed by atoms with E-state index < -0.39 is 11.4 Å². The lowest BCUT2D eigenvalue weighted by Crippen LogP contribution is -2.51. The van der Waals surface area contributed by atoms with Crippen molar-refractivity contribution in [2.75, 3.05) is 12.4 Å². The van der Waals surface area contributed by atoms with Gasteiger partial charge in [0.1, 0.15) is 17.2 Å². The minimum atomic E-state index is -0.924. The Balaban J connectivity index is 1.13. The first-order valence-electron chi connectivity index (χ1n) is 14.5. The fraction of sp³-hybridized carbons (Fsp3) is 0.467. The second-order valence-corrected chi connectivity index (χ2v) is 11.3. The lowest BCUT2D eigenvalue weighted by atomic mass is 9.77. The zero-order valence-electron chi connectivity index (χ0n) is 24.2. The number of H-pyrrole nitrogens is 1. The van der Waals surface area contributed by atoms with Crippen LogP contribution in [0, 0.1) is 12.7 Å². The van der Waals surface area contributed by atoms with E-state index >= 15 is 0 Å². The molecule has 1 atom stereocenters. The van der Waals surface area contributed by atoms with E-state index in [-0.39, 0.29) is 17.9 Å². The third-order valence-electron chi connectivity index (χ3n) is 8.52. The van der Waals surface area contributed by atoms with Crippen molar-refractivity contribution in [3.05, 3.63) is 70.9 Å². The van der Waals surface area contributed by atoms with Crippen LogP contribution < -0.4 is 10.6 Å². The molecule has 1 amide bonds. The van der Waals surface area contributed by atoms with Crippen molar-refractivity contribution in [3.63, 3.8) is 0 Å². The van der Waals surface area contributed by atoms with E-state index in [2.05, 4.69) is 30.9 Å². The second kappa shape index (κ2) is 11.6. The number of anilines is 2. The fourth-order valence-corrected chi connectivity index (χ4v) is 6.00. The number of carbonyl (C=O) groups excluding carboxylic acids is 1. The molecule has 0 bridgehead atoms. The molecule has 12 heteroatoms. The van der Waals surface area contributed by atoms with E-state index in [4.69, 9.17) is 14.7 Å². The van der Waals surface area contributed by atoms with E-state index in [9.17, 15) is 9.18 Å². The van der Waals surface area contributed by atoms with Crippen LogP contribution in [0.3, 0.4) is 0 Å². The first-order valence-corrected chi connectivity index (χ1v) is 14.5. The van der Waals surface area contributed by atoms with Gasteiger partial charge in [0.2, 0.25) is 0 Å². The van der Waals surface area contributed by atoms with E-state index in [1.54, 1.807) is 19.4 Å². The molecule has 3 N–H and O–H groups in total. The molecule has 0 aliphatic heterocycles. The van der Waals surface area contributed by atoms with Crippen LogP contribution in [-0.4, -0.2) is 53.5 Å². The van der Waals surface area contributed by atoms with Crippen molar-refractivity contribution in [3.8, 4) is 5.82 Å². The number of hydrogen-bond donors (Lipinski definition) is 3. The summed E-state index contributed by atoms with van der Waals surface area (Å²) in [5.41, 5.74) is 3.19. The van der Waals surface area contributed by atoms with Crippen molar-refractivity contribution in [2.24, 2.45) is 0 Å². The highest BCUT2D eigenvalue weighted by molar-refractivity contribution is 5.85. The maximum absolute atomic E-state index is 13.6. The highest BCUT2D eigenvalue weighted by Crippen LogP contribution is 2.40. The number of rotatable bonds is 8. The standard InChI is InChI=1S/C30H36FN9O2/c1-18-14-25(39-38-18)36-28-23-6-4-5-7-24(23)35-27(37-28)20-10-12-30(42-3,13-11-20)29(41)34-19(2)21-8-9-26(32-15-21)40-17-22(31)16-33-40/h8-9,14-17,19-20H,4-7,10-13H2,1-3H3,(H,34,41)(H2,35,36,37,38,39)/t19-,20-,30+/m0/s1. The first kappa shape index (κ1) is 28.0. The van der Waals surface area contributed by atoms with Gasteiger partial charge in [-0.05, 0) is 76.8 Å². The molecule has 11 nitrogen and oxygen atoms in total. The van der Waals surface area contributed by atoms with Gasteiger partial charge in [-0.15, -0.1) is 0 Å². The van der Waals surface area contributed by atoms with E-state index in [1.807, 2.05) is 26.0 Å². The predicted molar refractivity (Wildman–Crippen MR) is 154 cm³/mol. The van der Waals surface area contributed by atoms with Crippen LogP contribution >= 0.6 is 0 Å². The molecule has 4 heterocycles. The Bertz CT molecular complexity index is 1560. The van der Waals surface area contributed by atoms with Crippen LogP contribution in [0.15, 0.2) is 36.8 Å². The Labute approximate surface area is 243 Å². The summed E-state index contributed by atoms with van der Waals surface area (Å²) >= 11 is 0. The molecular formula is C30H36FN9O2. The summed E-state index contributed by atoms with van der Waals surface area (Å²) in [6.45, 7) is 3.88. The number of carbonyl (C=O) groups is 1. The number of pyridine rings is 1. The van der Waals surface area contributed by atoms with E-state index in [0.29, 0.717) is 18.7 Å². The summed E-state index contributed by atoms with van der Waals surface area (Å²) in [7, 11) is 1.60. The number of hydrogen-bond acceptors (Lipinski definition) is 8. The molecule has 0 saturated heterocycles. The van der Waals surface area contributed by atoms with Gasteiger partial charge < -0.3 is 15.4 Å². The van der Waals surface area contributed by atoms with E-state index in [1.165, 1.54) is 16.4 Å². The zero-order valence-corrected chi connectivity index (χ0v) is 24.2. The molecule has 4 aromatic heterocycles. The van der Waals surface area contributed by atoms with Gasteiger partial charge in [-0.25, -0.2) is 24.0 Å². The third-order valence-corrected chi connectivity index (χ3v) is 8.52. The van der Waals surface area contributed by atoms with Crippen LogP contribution in [0.5, 0.6) is 0 Å². The lowest BCUT2D eigenvalue weighted by Gasteiger charge is -2.38. The third kappa shape index (κ3) is 5.63. The first-order chi connectivity index (χ1) is 20.3. The van der Waals surface area contributed by atoms with Crippen LogP contribution in [0.25, 0.3) is 5.82 Å². The average molecular weight is 574 g/mol. The van der Waals surface area contributed by atoms with Gasteiger partial charge in [0.05, 0.1) is 18.4 Å². The topological polar surface area (TPSA) is 136 Å². The van der Waals surface area contributed by atoms with Gasteiger partial charge in [-0.3, -0.25) is 9.89 Å². The second-order valence-electron chi connectivity index (χ2n) is 11.3. The van der Waals surface area contributed by atoms with Crippen molar-refractivity contribution in [1.82, 2.24) is 40.2 Å². The quantitative estimate of drug-likeness (QED) is 0.274. The average Bonchev–Trinajstić information content (AvgIpc) is 3.64. The van der Waals surface area contributed by atoms with Crippen LogP contribution in [0.4, 0.5) is 16.0 Å². The molecule has 2 aliphatic rings. The van der Waals surface area contributed by atoms with Crippen molar-refractivity contribution in [1.29, 1.82) is 0 Å². The number of halogens is 1. The van der Waals surface area contributed by atoms with Crippen molar-refractivity contribution < 1.29 is 13.9 Å². The number of fused-ring (bicyclic) bond motifs is 1. The highest BCUT2D eigenvalue weighted by atomic mass is 19.1. The molecular weight excluding hydrogens is 537 g/mol. The van der Waals surface area contributed by atoms with Crippen molar-refractivity contribution in [2.45, 2.75) is 82.8 Å². The summed E-state index contributed by atoms with van der Waals surface area (Å²) < 4.78 is 20.6. The zero-order chi connectivity index (χ0) is 29.3. The number of nitrogens with one attached hydrogen (secondary N) is 3. The Morgan fingerprint density at radius 1 is 1.19 bits per heavy atom. The Kier molecular flexibility index (Phi) is 7.72. The molecule has 220 valence electrons. The van der Waals surface area contributed by atoms with E-state index in [0.717, 1.165) is 79.1 Å². The van der Waals surface area contributed by atoms with Crippen LogP contribution in [0.2, 0.25) is 0 Å². The maximum atomic E-state index is 13.6. The lowest BCUT2D eigenvalue weighted by molar-refractivity contribution is -0.148.